The standard InChI is InChI=1S/C8H16ClNO/c1-7(8(2)10)3-5-11-6-4-9/h7,10H,3-6H2,1-2H3. The highest BCUT2D eigenvalue weighted by atomic mass is 35.5. The van der Waals surface area contributed by atoms with E-state index in [1.54, 1.807) is 0 Å². The molecule has 66 valence electrons. The molecule has 0 aromatic heterocycles. The van der Waals surface area contributed by atoms with Gasteiger partial charge in [-0.15, -0.1) is 11.6 Å². The van der Waals surface area contributed by atoms with Crippen LogP contribution in [0.4, 0.5) is 0 Å². The number of alkyl halides is 1. The van der Waals surface area contributed by atoms with E-state index in [0.29, 0.717) is 25.0 Å². The Bertz CT molecular complexity index is 117. The van der Waals surface area contributed by atoms with E-state index >= 15 is 0 Å². The Morgan fingerprint density at radius 1 is 1.55 bits per heavy atom. The van der Waals surface area contributed by atoms with E-state index in [0.717, 1.165) is 12.1 Å². The largest absolute Gasteiger partial charge is 0.380 e. The molecule has 0 radical (unpaired) electrons. The summed E-state index contributed by atoms with van der Waals surface area (Å²) in [7, 11) is 0. The van der Waals surface area contributed by atoms with Crippen molar-refractivity contribution in [2.24, 2.45) is 5.92 Å². The Kier molecular flexibility index (Phi) is 6.57. The lowest BCUT2D eigenvalue weighted by Gasteiger charge is -2.08. The fourth-order valence-corrected chi connectivity index (χ4v) is 0.742. The van der Waals surface area contributed by atoms with Crippen molar-refractivity contribution in [1.82, 2.24) is 0 Å². The van der Waals surface area contributed by atoms with Gasteiger partial charge < -0.3 is 10.1 Å². The minimum Gasteiger partial charge on any atom is -0.380 e. The molecule has 0 fully saturated rings. The van der Waals surface area contributed by atoms with Crippen molar-refractivity contribution in [3.05, 3.63) is 0 Å². The number of halogens is 1. The molecule has 11 heavy (non-hydrogen) atoms. The molecular formula is C8H16ClNO. The van der Waals surface area contributed by atoms with E-state index in [1.807, 2.05) is 13.8 Å². The van der Waals surface area contributed by atoms with Crippen LogP contribution >= 0.6 is 11.6 Å². The Morgan fingerprint density at radius 3 is 2.64 bits per heavy atom. The van der Waals surface area contributed by atoms with Crippen LogP contribution in [0, 0.1) is 11.3 Å². The van der Waals surface area contributed by atoms with Crippen LogP contribution < -0.4 is 0 Å². The van der Waals surface area contributed by atoms with Gasteiger partial charge in [0.1, 0.15) is 0 Å². The van der Waals surface area contributed by atoms with Crippen LogP contribution in [0.2, 0.25) is 0 Å². The molecule has 0 saturated heterocycles. The summed E-state index contributed by atoms with van der Waals surface area (Å²) >= 11 is 5.41. The lowest BCUT2D eigenvalue weighted by atomic mass is 10.0. The summed E-state index contributed by atoms with van der Waals surface area (Å²) in [6.45, 7) is 5.19. The summed E-state index contributed by atoms with van der Waals surface area (Å²) in [6.07, 6.45) is 0.923. The molecule has 0 aliphatic carbocycles. The van der Waals surface area contributed by atoms with Gasteiger partial charge >= 0.3 is 0 Å². The zero-order valence-electron chi connectivity index (χ0n) is 7.19. The van der Waals surface area contributed by atoms with Gasteiger partial charge in [-0.1, -0.05) is 6.92 Å². The monoisotopic (exact) mass is 177 g/mol. The zero-order valence-corrected chi connectivity index (χ0v) is 7.95. The van der Waals surface area contributed by atoms with Crippen molar-refractivity contribution in [1.29, 1.82) is 5.41 Å². The zero-order chi connectivity index (χ0) is 8.69. The maximum absolute atomic E-state index is 7.30. The summed E-state index contributed by atoms with van der Waals surface area (Å²) in [6, 6.07) is 0. The summed E-state index contributed by atoms with van der Waals surface area (Å²) in [5.74, 6) is 0.892. The number of nitrogens with one attached hydrogen (secondary N) is 1. The highest BCUT2D eigenvalue weighted by Gasteiger charge is 2.02. The second kappa shape index (κ2) is 6.62. The minimum absolute atomic E-state index is 0.338. The predicted octanol–water partition coefficient (Wildman–Crippen LogP) is 2.31. The average molecular weight is 178 g/mol. The van der Waals surface area contributed by atoms with E-state index in [4.69, 9.17) is 21.7 Å². The number of ether oxygens (including phenoxy) is 1. The minimum atomic E-state index is 0.338. The van der Waals surface area contributed by atoms with Crippen molar-refractivity contribution in [3.63, 3.8) is 0 Å². The molecule has 0 heterocycles. The van der Waals surface area contributed by atoms with Crippen molar-refractivity contribution in [2.45, 2.75) is 20.3 Å². The van der Waals surface area contributed by atoms with E-state index in [1.165, 1.54) is 0 Å². The van der Waals surface area contributed by atoms with E-state index in [2.05, 4.69) is 0 Å². The fourth-order valence-electron chi connectivity index (χ4n) is 0.633. The molecule has 0 amide bonds. The summed E-state index contributed by atoms with van der Waals surface area (Å²) in [5.41, 5.74) is 0.722. The van der Waals surface area contributed by atoms with Gasteiger partial charge in [-0.05, 0) is 19.3 Å². The van der Waals surface area contributed by atoms with Gasteiger partial charge in [-0.2, -0.15) is 0 Å². The third-order valence-electron chi connectivity index (χ3n) is 1.66. The molecule has 3 heteroatoms. The third-order valence-corrected chi connectivity index (χ3v) is 1.81. The molecule has 1 N–H and O–H groups in total. The van der Waals surface area contributed by atoms with Crippen LogP contribution in [0.15, 0.2) is 0 Å². The van der Waals surface area contributed by atoms with Crippen LogP contribution in [-0.2, 0) is 4.74 Å². The van der Waals surface area contributed by atoms with Gasteiger partial charge in [0.2, 0.25) is 0 Å². The summed E-state index contributed by atoms with van der Waals surface area (Å²) in [4.78, 5) is 0. The van der Waals surface area contributed by atoms with Gasteiger partial charge in [0.15, 0.2) is 0 Å². The van der Waals surface area contributed by atoms with E-state index < -0.39 is 0 Å². The van der Waals surface area contributed by atoms with Crippen molar-refractivity contribution in [3.8, 4) is 0 Å². The van der Waals surface area contributed by atoms with Crippen molar-refractivity contribution in [2.75, 3.05) is 19.1 Å². The SMILES string of the molecule is CC(=N)C(C)CCOCCCl. The number of hydrogen-bond donors (Lipinski definition) is 1. The molecule has 1 unspecified atom stereocenters. The molecule has 0 spiro atoms. The van der Waals surface area contributed by atoms with Crippen LogP contribution in [-0.4, -0.2) is 24.8 Å². The smallest absolute Gasteiger partial charge is 0.0601 e. The van der Waals surface area contributed by atoms with E-state index in [-0.39, 0.29) is 0 Å². The highest BCUT2D eigenvalue weighted by Crippen LogP contribution is 2.02. The molecule has 0 aromatic rings. The van der Waals surface area contributed by atoms with Gasteiger partial charge in [0.25, 0.3) is 0 Å². The first kappa shape index (κ1) is 10.9. The van der Waals surface area contributed by atoms with Crippen molar-refractivity contribution < 1.29 is 4.74 Å². The molecular weight excluding hydrogens is 162 g/mol. The molecule has 0 aliphatic heterocycles. The highest BCUT2D eigenvalue weighted by molar-refractivity contribution is 6.17. The third kappa shape index (κ3) is 6.32. The second-order valence-electron chi connectivity index (χ2n) is 2.67. The average Bonchev–Trinajstić information content (AvgIpc) is 1.97. The summed E-state index contributed by atoms with van der Waals surface area (Å²) < 4.78 is 5.18. The summed E-state index contributed by atoms with van der Waals surface area (Å²) in [5, 5.41) is 7.30. The first-order chi connectivity index (χ1) is 5.18. The maximum Gasteiger partial charge on any atom is 0.0601 e. The normalized spacial score (nSPS) is 13.0. The Hall–Kier alpha value is -0.0800. The van der Waals surface area contributed by atoms with E-state index in [9.17, 15) is 0 Å². The molecule has 1 atom stereocenters. The van der Waals surface area contributed by atoms with Gasteiger partial charge in [-0.25, -0.2) is 0 Å². The van der Waals surface area contributed by atoms with Gasteiger partial charge in [-0.3, -0.25) is 0 Å². The topological polar surface area (TPSA) is 33.1 Å². The molecule has 0 bridgehead atoms. The maximum atomic E-state index is 7.30. The van der Waals surface area contributed by atoms with Crippen LogP contribution in [0.25, 0.3) is 0 Å². The van der Waals surface area contributed by atoms with Crippen LogP contribution in [0.3, 0.4) is 0 Å². The fraction of sp³-hybridized carbons (Fsp3) is 0.875. The Labute approximate surface area is 73.4 Å². The molecule has 0 rings (SSSR count). The Morgan fingerprint density at radius 2 is 2.18 bits per heavy atom. The second-order valence-corrected chi connectivity index (χ2v) is 3.05. The van der Waals surface area contributed by atoms with Gasteiger partial charge in [0.05, 0.1) is 6.61 Å². The molecule has 0 aromatic carbocycles. The molecule has 0 saturated carbocycles. The van der Waals surface area contributed by atoms with Crippen LogP contribution in [0.5, 0.6) is 0 Å². The van der Waals surface area contributed by atoms with Crippen molar-refractivity contribution >= 4 is 17.3 Å². The van der Waals surface area contributed by atoms with Gasteiger partial charge in [0, 0.05) is 18.2 Å². The Balaban J connectivity index is 3.17. The molecule has 2 nitrogen and oxygen atoms in total. The number of rotatable bonds is 6. The first-order valence-corrected chi connectivity index (χ1v) is 4.40. The predicted molar refractivity (Wildman–Crippen MR) is 48.7 cm³/mol. The van der Waals surface area contributed by atoms with Crippen LogP contribution in [0.1, 0.15) is 20.3 Å². The number of hydrogen-bond acceptors (Lipinski definition) is 2. The lowest BCUT2D eigenvalue weighted by molar-refractivity contribution is 0.141. The quantitative estimate of drug-likeness (QED) is 0.377. The first-order valence-electron chi connectivity index (χ1n) is 3.87. The lowest BCUT2D eigenvalue weighted by Crippen LogP contribution is -2.09. The molecule has 0 aliphatic rings.